The SMILES string of the molecule is COc1cccc(C=C2Oc3cc(OCc4c(Cl)cccc4Cl)ccc3C2=O)c1OC. The summed E-state index contributed by atoms with van der Waals surface area (Å²) in [6, 6.07) is 15.7. The van der Waals surface area contributed by atoms with Crippen molar-refractivity contribution in [1.29, 1.82) is 0 Å². The van der Waals surface area contributed by atoms with Crippen LogP contribution in [0.25, 0.3) is 6.08 Å². The number of carbonyl (C=O) groups is 1. The van der Waals surface area contributed by atoms with Gasteiger partial charge in [0.05, 0.1) is 19.8 Å². The van der Waals surface area contributed by atoms with Crippen molar-refractivity contribution in [3.63, 3.8) is 0 Å². The largest absolute Gasteiger partial charge is 0.493 e. The second-order valence-corrected chi connectivity index (χ2v) is 7.48. The van der Waals surface area contributed by atoms with Gasteiger partial charge in [-0.05, 0) is 36.4 Å². The van der Waals surface area contributed by atoms with E-state index in [9.17, 15) is 4.79 Å². The molecule has 3 aromatic carbocycles. The number of para-hydroxylation sites is 1. The summed E-state index contributed by atoms with van der Waals surface area (Å²) >= 11 is 12.4. The summed E-state index contributed by atoms with van der Waals surface area (Å²) in [7, 11) is 3.10. The van der Waals surface area contributed by atoms with Crippen LogP contribution in [0.5, 0.6) is 23.0 Å². The molecular formula is C24H18Cl2O5. The number of allylic oxidation sites excluding steroid dienone is 1. The quantitative estimate of drug-likeness (QED) is 0.412. The van der Waals surface area contributed by atoms with Gasteiger partial charge in [-0.1, -0.05) is 41.4 Å². The number of benzene rings is 3. The Labute approximate surface area is 189 Å². The molecule has 5 nitrogen and oxygen atoms in total. The normalized spacial score (nSPS) is 13.7. The van der Waals surface area contributed by atoms with Gasteiger partial charge in [-0.3, -0.25) is 4.79 Å². The van der Waals surface area contributed by atoms with Crippen molar-refractivity contribution in [3.05, 3.63) is 87.1 Å². The lowest BCUT2D eigenvalue weighted by Crippen LogP contribution is -1.99. The number of hydrogen-bond donors (Lipinski definition) is 0. The van der Waals surface area contributed by atoms with Gasteiger partial charge >= 0.3 is 0 Å². The summed E-state index contributed by atoms with van der Waals surface area (Å²) in [6.45, 7) is 0.189. The van der Waals surface area contributed by atoms with Gasteiger partial charge in [-0.25, -0.2) is 0 Å². The third-order valence-electron chi connectivity index (χ3n) is 4.81. The molecule has 0 aromatic heterocycles. The van der Waals surface area contributed by atoms with Crippen LogP contribution in [-0.2, 0) is 6.61 Å². The Bertz CT molecular complexity index is 1170. The van der Waals surface area contributed by atoms with E-state index >= 15 is 0 Å². The van der Waals surface area contributed by atoms with E-state index < -0.39 is 0 Å². The van der Waals surface area contributed by atoms with Crippen molar-refractivity contribution in [2.75, 3.05) is 14.2 Å². The number of rotatable bonds is 6. The number of hydrogen-bond acceptors (Lipinski definition) is 5. The monoisotopic (exact) mass is 456 g/mol. The Morgan fingerprint density at radius 3 is 2.42 bits per heavy atom. The van der Waals surface area contributed by atoms with Crippen LogP contribution in [0.3, 0.4) is 0 Å². The number of ether oxygens (including phenoxy) is 4. The Morgan fingerprint density at radius 1 is 0.968 bits per heavy atom. The average Bonchev–Trinajstić information content (AvgIpc) is 3.07. The maximum Gasteiger partial charge on any atom is 0.231 e. The molecule has 31 heavy (non-hydrogen) atoms. The molecule has 0 fully saturated rings. The Kier molecular flexibility index (Phi) is 6.07. The highest BCUT2D eigenvalue weighted by Gasteiger charge is 2.28. The molecule has 0 radical (unpaired) electrons. The van der Waals surface area contributed by atoms with Crippen molar-refractivity contribution in [3.8, 4) is 23.0 Å². The lowest BCUT2D eigenvalue weighted by molar-refractivity contribution is 0.101. The summed E-state index contributed by atoms with van der Waals surface area (Å²) in [6.07, 6.45) is 1.63. The van der Waals surface area contributed by atoms with Gasteiger partial charge in [0, 0.05) is 27.2 Å². The van der Waals surface area contributed by atoms with Crippen LogP contribution in [0, 0.1) is 0 Å². The highest BCUT2D eigenvalue weighted by Crippen LogP contribution is 2.38. The highest BCUT2D eigenvalue weighted by molar-refractivity contribution is 6.35. The molecule has 1 aliphatic heterocycles. The molecule has 0 unspecified atom stereocenters. The lowest BCUT2D eigenvalue weighted by atomic mass is 10.1. The first-order valence-corrected chi connectivity index (χ1v) is 10.1. The third kappa shape index (κ3) is 4.20. The Balaban J connectivity index is 1.57. The molecule has 0 aliphatic carbocycles. The van der Waals surface area contributed by atoms with Crippen LogP contribution in [0.15, 0.2) is 60.4 Å². The summed E-state index contributed by atoms with van der Waals surface area (Å²) in [5.41, 5.74) is 1.81. The minimum atomic E-state index is -0.222. The molecule has 4 rings (SSSR count). The number of ketones is 1. The first kappa shape index (κ1) is 21.1. The fraction of sp³-hybridized carbons (Fsp3) is 0.125. The molecule has 1 heterocycles. The van der Waals surface area contributed by atoms with Gasteiger partial charge in [0.1, 0.15) is 18.1 Å². The van der Waals surface area contributed by atoms with Crippen molar-refractivity contribution in [2.45, 2.75) is 6.61 Å². The molecule has 3 aromatic rings. The van der Waals surface area contributed by atoms with Gasteiger partial charge in [-0.15, -0.1) is 0 Å². The second kappa shape index (κ2) is 8.92. The van der Waals surface area contributed by atoms with Gasteiger partial charge in [-0.2, -0.15) is 0 Å². The fourth-order valence-electron chi connectivity index (χ4n) is 3.25. The molecule has 158 valence electrons. The lowest BCUT2D eigenvalue weighted by Gasteiger charge is -2.10. The minimum Gasteiger partial charge on any atom is -0.493 e. The van der Waals surface area contributed by atoms with Gasteiger partial charge in [0.2, 0.25) is 5.78 Å². The van der Waals surface area contributed by atoms with E-state index in [1.807, 2.05) is 12.1 Å². The molecule has 0 bridgehead atoms. The molecule has 0 N–H and O–H groups in total. The maximum absolute atomic E-state index is 12.8. The smallest absolute Gasteiger partial charge is 0.231 e. The molecule has 1 aliphatic rings. The summed E-state index contributed by atoms with van der Waals surface area (Å²) in [5, 5.41) is 1.05. The number of fused-ring (bicyclic) bond motifs is 1. The molecule has 0 amide bonds. The number of methoxy groups -OCH3 is 2. The van der Waals surface area contributed by atoms with E-state index in [-0.39, 0.29) is 18.1 Å². The van der Waals surface area contributed by atoms with E-state index in [1.165, 1.54) is 0 Å². The van der Waals surface area contributed by atoms with E-state index in [2.05, 4.69) is 0 Å². The second-order valence-electron chi connectivity index (χ2n) is 6.67. The van der Waals surface area contributed by atoms with Crippen LogP contribution < -0.4 is 18.9 Å². The van der Waals surface area contributed by atoms with Crippen molar-refractivity contribution in [2.24, 2.45) is 0 Å². The topological polar surface area (TPSA) is 54.0 Å². The Morgan fingerprint density at radius 2 is 1.71 bits per heavy atom. The van der Waals surface area contributed by atoms with Crippen molar-refractivity contribution >= 4 is 35.1 Å². The zero-order chi connectivity index (χ0) is 22.0. The molecule has 0 spiro atoms. The van der Waals surface area contributed by atoms with E-state index in [0.29, 0.717) is 49.7 Å². The first-order valence-electron chi connectivity index (χ1n) is 9.36. The predicted octanol–water partition coefficient (Wildman–Crippen LogP) is 6.21. The first-order chi connectivity index (χ1) is 15.0. The zero-order valence-corrected chi connectivity index (χ0v) is 18.3. The third-order valence-corrected chi connectivity index (χ3v) is 5.51. The fourth-order valence-corrected chi connectivity index (χ4v) is 3.76. The zero-order valence-electron chi connectivity index (χ0n) is 16.8. The van der Waals surface area contributed by atoms with Gasteiger partial charge < -0.3 is 18.9 Å². The summed E-state index contributed by atoms with van der Waals surface area (Å²) in [4.78, 5) is 12.8. The predicted molar refractivity (Wildman–Crippen MR) is 120 cm³/mol. The van der Waals surface area contributed by atoms with Crippen molar-refractivity contribution in [1.82, 2.24) is 0 Å². The van der Waals surface area contributed by atoms with E-state index in [0.717, 1.165) is 0 Å². The number of carbonyl (C=O) groups excluding carboxylic acids is 1. The van der Waals surface area contributed by atoms with Crippen LogP contribution in [0.1, 0.15) is 21.5 Å². The summed E-state index contributed by atoms with van der Waals surface area (Å²) < 4.78 is 22.4. The Hall–Kier alpha value is -3.15. The maximum atomic E-state index is 12.8. The molecule has 7 heteroatoms. The average molecular weight is 457 g/mol. The van der Waals surface area contributed by atoms with E-state index in [4.69, 9.17) is 42.1 Å². The molecule has 0 saturated heterocycles. The molecule has 0 saturated carbocycles. The van der Waals surface area contributed by atoms with Crippen LogP contribution >= 0.6 is 23.2 Å². The van der Waals surface area contributed by atoms with Crippen LogP contribution in [-0.4, -0.2) is 20.0 Å². The number of Topliss-reactive ketones (excluding diaryl/α,β-unsaturated/α-hetero) is 1. The summed E-state index contributed by atoms with van der Waals surface area (Å²) in [5.74, 6) is 2.00. The van der Waals surface area contributed by atoms with Crippen molar-refractivity contribution < 1.29 is 23.7 Å². The van der Waals surface area contributed by atoms with Gasteiger partial charge in [0.25, 0.3) is 0 Å². The van der Waals surface area contributed by atoms with E-state index in [1.54, 1.807) is 62.8 Å². The molecular weight excluding hydrogens is 439 g/mol. The van der Waals surface area contributed by atoms with Crippen LogP contribution in [0.4, 0.5) is 0 Å². The minimum absolute atomic E-state index is 0.188. The van der Waals surface area contributed by atoms with Gasteiger partial charge in [0.15, 0.2) is 17.3 Å². The molecule has 0 atom stereocenters. The highest BCUT2D eigenvalue weighted by atomic mass is 35.5. The standard InChI is InChI=1S/C24H18Cl2O5/c1-28-20-8-3-5-14(24(20)29-2)11-22-23(27)16-10-9-15(12-21(16)31-22)30-13-17-18(25)6-4-7-19(17)26/h3-12H,13H2,1-2H3. The number of halogens is 2. The van der Waals surface area contributed by atoms with Crippen LogP contribution in [0.2, 0.25) is 10.0 Å².